The van der Waals surface area contributed by atoms with Gasteiger partial charge >= 0.3 is 0 Å². The van der Waals surface area contributed by atoms with E-state index in [1.165, 1.54) is 6.33 Å². The summed E-state index contributed by atoms with van der Waals surface area (Å²) >= 11 is 0. The third kappa shape index (κ3) is 6.64. The number of carbonyl (C=O) groups excluding carboxylic acids is 1. The number of aromatic nitrogens is 3. The Hall–Kier alpha value is -3.35. The summed E-state index contributed by atoms with van der Waals surface area (Å²) in [6, 6.07) is 14.5. The molecule has 7 nitrogen and oxygen atoms in total. The van der Waals surface area contributed by atoms with Crippen LogP contribution in [-0.2, 0) is 6.54 Å². The summed E-state index contributed by atoms with van der Waals surface area (Å²) in [7, 11) is 0. The van der Waals surface area contributed by atoms with Crippen molar-refractivity contribution in [1.29, 1.82) is 0 Å². The summed E-state index contributed by atoms with van der Waals surface area (Å²) in [5.41, 5.74) is 1.25. The lowest BCUT2D eigenvalue weighted by Crippen LogP contribution is -2.12. The van der Waals surface area contributed by atoms with Gasteiger partial charge in [-0.15, -0.1) is 0 Å². The van der Waals surface area contributed by atoms with Gasteiger partial charge in [0.05, 0.1) is 13.2 Å². The monoisotopic (exact) mass is 394 g/mol. The van der Waals surface area contributed by atoms with Gasteiger partial charge in [0.2, 0.25) is 0 Å². The predicted octanol–water partition coefficient (Wildman–Crippen LogP) is 4.18. The lowest BCUT2D eigenvalue weighted by molar-refractivity contribution is 0.102. The molecule has 3 rings (SSSR count). The van der Waals surface area contributed by atoms with E-state index in [0.717, 1.165) is 25.0 Å². The summed E-state index contributed by atoms with van der Waals surface area (Å²) in [5, 5.41) is 6.92. The molecule has 3 aromatic rings. The summed E-state index contributed by atoms with van der Waals surface area (Å²) in [6.07, 6.45) is 6.49. The summed E-state index contributed by atoms with van der Waals surface area (Å²) in [4.78, 5) is 16.4. The van der Waals surface area contributed by atoms with Gasteiger partial charge in [-0.3, -0.25) is 4.79 Å². The van der Waals surface area contributed by atoms with Crippen LogP contribution in [0.2, 0.25) is 0 Å². The van der Waals surface area contributed by atoms with Crippen molar-refractivity contribution in [2.75, 3.05) is 18.5 Å². The van der Waals surface area contributed by atoms with Gasteiger partial charge in [-0.1, -0.05) is 25.8 Å². The molecule has 0 bridgehead atoms. The number of amides is 1. The largest absolute Gasteiger partial charge is 0.494 e. The van der Waals surface area contributed by atoms with E-state index in [-0.39, 0.29) is 5.91 Å². The van der Waals surface area contributed by atoms with Crippen molar-refractivity contribution in [2.24, 2.45) is 0 Å². The molecule has 1 amide bonds. The molecule has 0 unspecified atom stereocenters. The average molecular weight is 394 g/mol. The Morgan fingerprint density at radius 2 is 1.86 bits per heavy atom. The van der Waals surface area contributed by atoms with E-state index in [9.17, 15) is 4.79 Å². The highest BCUT2D eigenvalue weighted by Crippen LogP contribution is 2.19. The van der Waals surface area contributed by atoms with Gasteiger partial charge < -0.3 is 14.8 Å². The van der Waals surface area contributed by atoms with Gasteiger partial charge in [-0.05, 0) is 42.8 Å². The van der Waals surface area contributed by atoms with Gasteiger partial charge in [0.15, 0.2) is 0 Å². The van der Waals surface area contributed by atoms with Gasteiger partial charge in [0, 0.05) is 17.3 Å². The van der Waals surface area contributed by atoms with Crippen molar-refractivity contribution >= 4 is 11.6 Å². The first-order valence-electron chi connectivity index (χ1n) is 9.84. The molecule has 0 fully saturated rings. The van der Waals surface area contributed by atoms with Crippen LogP contribution < -0.4 is 14.8 Å². The molecule has 1 aromatic heterocycles. The highest BCUT2D eigenvalue weighted by atomic mass is 16.5. The number of ether oxygens (including phenoxy) is 2. The molecule has 7 heteroatoms. The molecule has 0 saturated heterocycles. The van der Waals surface area contributed by atoms with E-state index in [0.29, 0.717) is 36.8 Å². The molecular weight excluding hydrogens is 368 g/mol. The summed E-state index contributed by atoms with van der Waals surface area (Å²) < 4.78 is 13.1. The smallest absolute Gasteiger partial charge is 0.255 e. The second-order valence-corrected chi connectivity index (χ2v) is 6.57. The number of unbranched alkanes of at least 4 members (excludes halogenated alkanes) is 2. The number of hydrogen-bond donors (Lipinski definition) is 1. The van der Waals surface area contributed by atoms with Crippen LogP contribution in [0.1, 0.15) is 36.5 Å². The lowest BCUT2D eigenvalue weighted by Gasteiger charge is -2.10. The fourth-order valence-electron chi connectivity index (χ4n) is 2.72. The maximum absolute atomic E-state index is 12.5. The van der Waals surface area contributed by atoms with Crippen molar-refractivity contribution in [1.82, 2.24) is 14.8 Å². The molecule has 152 valence electrons. The van der Waals surface area contributed by atoms with Crippen molar-refractivity contribution in [3.63, 3.8) is 0 Å². The average Bonchev–Trinajstić information content (AvgIpc) is 3.25. The molecule has 2 aromatic carbocycles. The van der Waals surface area contributed by atoms with Crippen LogP contribution in [0.4, 0.5) is 5.69 Å². The fraction of sp³-hybridized carbons (Fsp3) is 0.318. The molecule has 0 atom stereocenters. The quantitative estimate of drug-likeness (QED) is 0.494. The molecule has 1 N–H and O–H groups in total. The van der Waals surface area contributed by atoms with Gasteiger partial charge in [-0.25, -0.2) is 9.67 Å². The third-order valence-electron chi connectivity index (χ3n) is 4.28. The topological polar surface area (TPSA) is 78.3 Å². The van der Waals surface area contributed by atoms with Crippen molar-refractivity contribution in [2.45, 2.75) is 32.7 Å². The normalized spacial score (nSPS) is 10.5. The highest BCUT2D eigenvalue weighted by molar-refractivity contribution is 6.04. The Bertz CT molecular complexity index is 879. The van der Waals surface area contributed by atoms with Crippen LogP contribution in [0.25, 0.3) is 0 Å². The molecular formula is C22H26N4O3. The van der Waals surface area contributed by atoms with Crippen LogP contribution in [0.15, 0.2) is 61.2 Å². The zero-order chi connectivity index (χ0) is 20.3. The zero-order valence-corrected chi connectivity index (χ0v) is 16.6. The van der Waals surface area contributed by atoms with Crippen molar-refractivity contribution in [3.8, 4) is 11.5 Å². The Labute approximate surface area is 170 Å². The first-order valence-corrected chi connectivity index (χ1v) is 9.84. The SMILES string of the molecule is CCCCCOc1ccc(C(=O)Nc2cccc(OCCn3cncn3)c2)cc1. The minimum atomic E-state index is -0.178. The summed E-state index contributed by atoms with van der Waals surface area (Å²) in [5.74, 6) is 1.28. The van der Waals surface area contributed by atoms with Crippen molar-refractivity contribution in [3.05, 3.63) is 66.7 Å². The van der Waals surface area contributed by atoms with Crippen LogP contribution >= 0.6 is 0 Å². The van der Waals surface area contributed by atoms with E-state index in [1.54, 1.807) is 29.2 Å². The molecule has 0 aliphatic heterocycles. The standard InChI is InChI=1S/C22H26N4O3/c1-2-3-4-13-28-20-10-8-18(9-11-20)22(27)25-19-6-5-7-21(15-19)29-14-12-26-17-23-16-24-26/h5-11,15-17H,2-4,12-14H2,1H3,(H,25,27). The second kappa shape index (κ2) is 10.8. The fourth-order valence-corrected chi connectivity index (χ4v) is 2.72. The molecule has 29 heavy (non-hydrogen) atoms. The Kier molecular flexibility index (Phi) is 7.63. The zero-order valence-electron chi connectivity index (χ0n) is 16.6. The van der Waals surface area contributed by atoms with Crippen LogP contribution in [0, 0.1) is 0 Å². The Morgan fingerprint density at radius 1 is 1.03 bits per heavy atom. The van der Waals surface area contributed by atoms with E-state index in [2.05, 4.69) is 22.3 Å². The molecule has 0 aliphatic carbocycles. The maximum Gasteiger partial charge on any atom is 0.255 e. The number of hydrogen-bond acceptors (Lipinski definition) is 5. The number of nitrogens with zero attached hydrogens (tertiary/aromatic N) is 3. The maximum atomic E-state index is 12.5. The number of carbonyl (C=O) groups is 1. The van der Waals surface area contributed by atoms with E-state index < -0.39 is 0 Å². The van der Waals surface area contributed by atoms with Gasteiger partial charge in [0.1, 0.15) is 30.8 Å². The first kappa shape index (κ1) is 20.4. The van der Waals surface area contributed by atoms with Crippen LogP contribution in [-0.4, -0.2) is 33.9 Å². The second-order valence-electron chi connectivity index (χ2n) is 6.57. The predicted molar refractivity (Wildman–Crippen MR) is 111 cm³/mol. The van der Waals surface area contributed by atoms with Crippen molar-refractivity contribution < 1.29 is 14.3 Å². The number of nitrogens with one attached hydrogen (secondary N) is 1. The number of benzene rings is 2. The lowest BCUT2D eigenvalue weighted by atomic mass is 10.2. The number of anilines is 1. The summed E-state index contributed by atoms with van der Waals surface area (Å²) in [6.45, 7) is 3.92. The molecule has 0 aliphatic rings. The van der Waals surface area contributed by atoms with Gasteiger partial charge in [0.25, 0.3) is 5.91 Å². The minimum absolute atomic E-state index is 0.178. The molecule has 0 spiro atoms. The molecule has 1 heterocycles. The van der Waals surface area contributed by atoms with Gasteiger partial charge in [-0.2, -0.15) is 5.10 Å². The van der Waals surface area contributed by atoms with Crippen LogP contribution in [0.5, 0.6) is 11.5 Å². The third-order valence-corrected chi connectivity index (χ3v) is 4.28. The van der Waals surface area contributed by atoms with E-state index in [4.69, 9.17) is 9.47 Å². The number of rotatable bonds is 11. The molecule has 0 saturated carbocycles. The first-order chi connectivity index (χ1) is 14.2. The Morgan fingerprint density at radius 3 is 2.62 bits per heavy atom. The minimum Gasteiger partial charge on any atom is -0.494 e. The van der Waals surface area contributed by atoms with Crippen LogP contribution in [0.3, 0.4) is 0 Å². The Balaban J connectivity index is 1.49. The molecule has 0 radical (unpaired) electrons. The highest BCUT2D eigenvalue weighted by Gasteiger charge is 2.07. The van der Waals surface area contributed by atoms with E-state index in [1.807, 2.05) is 30.3 Å². The van der Waals surface area contributed by atoms with E-state index >= 15 is 0 Å².